The third-order valence-electron chi connectivity index (χ3n) is 7.15. The average Bonchev–Trinajstić information content (AvgIpc) is 3.35. The third kappa shape index (κ3) is 10.4. The number of fused-ring (bicyclic) bond motifs is 3. The van der Waals surface area contributed by atoms with Crippen LogP contribution in [0.4, 0.5) is 0 Å². The van der Waals surface area contributed by atoms with Crippen LogP contribution in [-0.4, -0.2) is 3.21 Å². The first-order valence-electron chi connectivity index (χ1n) is 14.2. The summed E-state index contributed by atoms with van der Waals surface area (Å²) in [5.74, 6) is 0.573. The average molecular weight is 659 g/mol. The molecule has 3 aromatic rings. The number of aryl methyl sites for hydroxylation is 2. The maximum absolute atomic E-state index is 3.35. The van der Waals surface area contributed by atoms with Crippen LogP contribution >= 0.6 is 0 Å². The second-order valence-electron chi connectivity index (χ2n) is 14.4. The molecule has 1 aliphatic rings. The third-order valence-corrected chi connectivity index (χ3v) is 7.15. The summed E-state index contributed by atoms with van der Waals surface area (Å²) in [6.07, 6.45) is 9.00. The Hall–Kier alpha value is -0.877. The first-order valence-corrected chi connectivity index (χ1v) is 15.5. The van der Waals surface area contributed by atoms with Crippen LogP contribution in [0.2, 0.25) is 0 Å². The summed E-state index contributed by atoms with van der Waals surface area (Å²) in [7, 11) is 0. The van der Waals surface area contributed by atoms with Crippen molar-refractivity contribution in [2.75, 3.05) is 0 Å². The molecule has 0 amide bonds. The van der Waals surface area contributed by atoms with E-state index in [1.54, 1.807) is 24.2 Å². The summed E-state index contributed by atoms with van der Waals surface area (Å²) >= 11 is 1.55. The van der Waals surface area contributed by atoms with Crippen molar-refractivity contribution in [2.45, 2.75) is 114 Å². The number of hydrogen-bond donors (Lipinski definition) is 0. The van der Waals surface area contributed by atoms with E-state index in [2.05, 4.69) is 145 Å². The zero-order valence-electron chi connectivity index (χ0n) is 27.6. The Balaban J connectivity index is 0.000000754. The second-order valence-corrected chi connectivity index (χ2v) is 16.8. The summed E-state index contributed by atoms with van der Waals surface area (Å²) in [4.78, 5) is 0. The molecule has 0 heterocycles. The maximum atomic E-state index is 3.35. The van der Waals surface area contributed by atoms with Crippen molar-refractivity contribution in [3.05, 3.63) is 76.4 Å². The van der Waals surface area contributed by atoms with Crippen LogP contribution in [0.15, 0.2) is 48.1 Å². The van der Waals surface area contributed by atoms with Gasteiger partial charge in [-0.05, 0) is 24.7 Å². The number of allylic oxidation sites excluding steroid dienone is 4. The predicted molar refractivity (Wildman–Crippen MR) is 169 cm³/mol. The van der Waals surface area contributed by atoms with Crippen molar-refractivity contribution in [3.8, 4) is 0 Å². The van der Waals surface area contributed by atoms with E-state index in [4.69, 9.17) is 0 Å². The molecule has 0 spiro atoms. The van der Waals surface area contributed by atoms with E-state index in [0.717, 1.165) is 0 Å². The predicted octanol–water partition coefficient (Wildman–Crippen LogP) is 5.04. The van der Waals surface area contributed by atoms with Crippen molar-refractivity contribution in [1.29, 1.82) is 0 Å². The minimum Gasteiger partial charge on any atom is -1.00 e. The van der Waals surface area contributed by atoms with E-state index in [1.807, 2.05) is 0 Å². The Morgan fingerprint density at radius 3 is 1.38 bits per heavy atom. The van der Waals surface area contributed by atoms with Gasteiger partial charge in [-0.3, -0.25) is 6.08 Å². The topological polar surface area (TPSA) is 0 Å². The molecule has 220 valence electrons. The second kappa shape index (κ2) is 15.0. The zero-order valence-corrected chi connectivity index (χ0v) is 31.6. The Morgan fingerprint density at radius 1 is 0.750 bits per heavy atom. The van der Waals surface area contributed by atoms with Gasteiger partial charge in [-0.1, -0.05) is 121 Å². The van der Waals surface area contributed by atoms with Gasteiger partial charge in [0.25, 0.3) is 0 Å². The van der Waals surface area contributed by atoms with E-state index >= 15 is 0 Å². The Morgan fingerprint density at radius 2 is 1.12 bits per heavy atom. The van der Waals surface area contributed by atoms with Crippen LogP contribution in [-0.2, 0) is 35.1 Å². The standard InChI is InChI=1S/C23H29.C11H17.C3H6.2ClH.Zr/c1-14-9-16-11-17-10-15(2)21(23(6,7)8)13-19(17)18(16)12-20(14)22(3,4)5;1-5-9-6-7-10(8-9)11(2,3)4;1-3-2;;;/h9-13H,1-8H3;7-9H,5H2,1-4H3;1-2H3;2*1H;/q2*-1;;;;+2/p-2. The summed E-state index contributed by atoms with van der Waals surface area (Å²) < 4.78 is 1.51. The fraction of sp³-hybridized carbons (Fsp3) is 0.514. The van der Waals surface area contributed by atoms with Gasteiger partial charge in [-0.25, -0.2) is 6.08 Å². The Kier molecular flexibility index (Phi) is 14.7. The molecule has 0 bridgehead atoms. The van der Waals surface area contributed by atoms with Gasteiger partial charge in [0.05, 0.1) is 0 Å². The molecule has 0 N–H and O–H groups in total. The van der Waals surface area contributed by atoms with E-state index in [1.165, 1.54) is 59.0 Å². The van der Waals surface area contributed by atoms with E-state index in [-0.39, 0.29) is 35.6 Å². The molecule has 0 saturated carbocycles. The summed E-state index contributed by atoms with van der Waals surface area (Å²) in [5, 5.41) is 5.55. The first kappa shape index (κ1) is 39.1. The van der Waals surface area contributed by atoms with Crippen LogP contribution in [0.25, 0.3) is 21.5 Å². The van der Waals surface area contributed by atoms with E-state index < -0.39 is 0 Å². The van der Waals surface area contributed by atoms with Crippen molar-refractivity contribution in [3.63, 3.8) is 0 Å². The van der Waals surface area contributed by atoms with Crippen LogP contribution in [0.5, 0.6) is 0 Å². The van der Waals surface area contributed by atoms with Crippen molar-refractivity contribution in [1.82, 2.24) is 0 Å². The molecule has 1 aliphatic carbocycles. The molecule has 1 atom stereocenters. The molecule has 0 aromatic heterocycles. The number of benzene rings is 2. The van der Waals surface area contributed by atoms with Crippen molar-refractivity contribution in [2.24, 2.45) is 11.3 Å². The molecule has 0 fully saturated rings. The van der Waals surface area contributed by atoms with Crippen LogP contribution in [0.3, 0.4) is 0 Å². The largest absolute Gasteiger partial charge is 1.00 e. The quantitative estimate of drug-likeness (QED) is 0.322. The molecule has 1 unspecified atom stereocenters. The first-order chi connectivity index (χ1) is 17.3. The summed E-state index contributed by atoms with van der Waals surface area (Å²) in [6, 6.07) is 11.9. The van der Waals surface area contributed by atoms with Gasteiger partial charge in [0.2, 0.25) is 0 Å². The Labute approximate surface area is 274 Å². The van der Waals surface area contributed by atoms with Gasteiger partial charge in [-0.15, -0.1) is 39.7 Å². The van der Waals surface area contributed by atoms with Gasteiger partial charge in [0, 0.05) is 0 Å². The number of hydrogen-bond acceptors (Lipinski definition) is 0. The Bertz CT molecular complexity index is 1270. The molecule has 4 rings (SSSR count). The molecular formula is C37H52Cl2Zr-2. The van der Waals surface area contributed by atoms with Crippen LogP contribution in [0.1, 0.15) is 112 Å². The fourth-order valence-corrected chi connectivity index (χ4v) is 5.16. The molecule has 3 heteroatoms. The van der Waals surface area contributed by atoms with E-state index in [9.17, 15) is 0 Å². The summed E-state index contributed by atoms with van der Waals surface area (Å²) in [6.45, 7) is 31.5. The molecule has 3 aromatic carbocycles. The minimum atomic E-state index is 0. The molecule has 0 radical (unpaired) electrons. The smallest absolute Gasteiger partial charge is 0.0142 e. The molecule has 40 heavy (non-hydrogen) atoms. The molecule has 0 saturated heterocycles. The van der Waals surface area contributed by atoms with Gasteiger partial charge in [0.1, 0.15) is 0 Å². The zero-order chi connectivity index (χ0) is 29.2. The normalized spacial score (nSPS) is 14.9. The van der Waals surface area contributed by atoms with Crippen molar-refractivity contribution >= 4 is 24.8 Å². The van der Waals surface area contributed by atoms with Gasteiger partial charge < -0.3 is 24.8 Å². The maximum Gasteiger partial charge on any atom is -0.0142 e. The molecule has 0 aliphatic heterocycles. The van der Waals surface area contributed by atoms with Crippen LogP contribution in [0, 0.1) is 31.3 Å². The number of halogens is 2. The van der Waals surface area contributed by atoms with Crippen LogP contribution < -0.4 is 24.8 Å². The van der Waals surface area contributed by atoms with E-state index in [0.29, 0.717) is 11.3 Å². The van der Waals surface area contributed by atoms with Gasteiger partial charge >= 0.3 is 41.3 Å². The fourth-order valence-electron chi connectivity index (χ4n) is 5.16. The van der Waals surface area contributed by atoms with Crippen molar-refractivity contribution < 1.29 is 49.0 Å². The summed E-state index contributed by atoms with van der Waals surface area (Å²) in [5.41, 5.74) is 7.80. The van der Waals surface area contributed by atoms with Gasteiger partial charge in [-0.2, -0.15) is 11.6 Å². The minimum absolute atomic E-state index is 0. The molecule has 0 nitrogen and oxygen atoms in total. The SMILES string of the molecule is CCC1[C-]=CC(C(C)(C)C)=C1.C[C](C)=[Zr+2].Cc1cc2[cH-]c3cc(C)c(C(C)(C)C)cc3c2cc1C(C)(C)C.[Cl-].[Cl-]. The van der Waals surface area contributed by atoms with Gasteiger partial charge in [0.15, 0.2) is 0 Å². The number of rotatable bonds is 1. The molecular weight excluding hydrogens is 607 g/mol. The monoisotopic (exact) mass is 656 g/mol.